The number of hydrogen-bond donors (Lipinski definition) is 2. The second-order valence-corrected chi connectivity index (χ2v) is 14.3. The highest BCUT2D eigenvalue weighted by atomic mass is 32.2. The van der Waals surface area contributed by atoms with Crippen molar-refractivity contribution in [1.82, 2.24) is 19.4 Å². The van der Waals surface area contributed by atoms with Crippen molar-refractivity contribution in [1.29, 1.82) is 0 Å². The van der Waals surface area contributed by atoms with Gasteiger partial charge in [0, 0.05) is 50.9 Å². The van der Waals surface area contributed by atoms with Gasteiger partial charge in [-0.25, -0.2) is 8.42 Å². The highest BCUT2D eigenvalue weighted by molar-refractivity contribution is 7.92. The number of pyridine rings is 1. The molecule has 1 fully saturated rings. The Balaban J connectivity index is 1.45. The predicted octanol–water partition coefficient (Wildman–Crippen LogP) is 4.68. The lowest BCUT2D eigenvalue weighted by atomic mass is 9.86. The molecule has 12 nitrogen and oxygen atoms in total. The summed E-state index contributed by atoms with van der Waals surface area (Å²) in [4.78, 5) is 35.1. The van der Waals surface area contributed by atoms with E-state index in [-0.39, 0.29) is 22.8 Å². The molecule has 5 rings (SSSR count). The minimum absolute atomic E-state index is 0.143. The van der Waals surface area contributed by atoms with E-state index in [4.69, 9.17) is 9.47 Å². The maximum Gasteiger partial charge on any atom is 0.272 e. The topological polar surface area (TPSA) is 135 Å². The fourth-order valence-electron chi connectivity index (χ4n) is 5.41. The van der Waals surface area contributed by atoms with E-state index in [1.54, 1.807) is 59.1 Å². The largest absolute Gasteiger partial charge is 0.492 e. The van der Waals surface area contributed by atoms with Crippen molar-refractivity contribution < 1.29 is 27.5 Å². The summed E-state index contributed by atoms with van der Waals surface area (Å²) in [5, 5.41) is 3.69. The van der Waals surface area contributed by atoms with Crippen molar-refractivity contribution in [2.75, 3.05) is 56.6 Å². The van der Waals surface area contributed by atoms with Gasteiger partial charge in [-0.1, -0.05) is 32.9 Å². The van der Waals surface area contributed by atoms with Gasteiger partial charge in [0.1, 0.15) is 17.1 Å². The molecular weight excluding hydrogens is 608 g/mol. The van der Waals surface area contributed by atoms with Gasteiger partial charge < -0.3 is 29.2 Å². The molecule has 2 aromatic heterocycles. The first-order valence-corrected chi connectivity index (χ1v) is 16.8. The number of benzene rings is 2. The Hall–Kier alpha value is -4.62. The SMILES string of the molecule is COc1c(NC(=O)c2cc3cccc(Oc4ccnc(C(=O)N5CCN(C)CC5)c4)c3n2C)cc(C(C)(C)C)cc1NS(C)(=O)=O. The number of carbonyl (C=O) groups is 2. The number of nitrogens with one attached hydrogen (secondary N) is 2. The van der Waals surface area contributed by atoms with Crippen LogP contribution in [0.4, 0.5) is 11.4 Å². The second-order valence-electron chi connectivity index (χ2n) is 12.5. The molecule has 2 amide bonds. The number of para-hydroxylation sites is 1. The Morgan fingerprint density at radius 3 is 2.30 bits per heavy atom. The van der Waals surface area contributed by atoms with Crippen LogP contribution in [0.1, 0.15) is 47.3 Å². The fourth-order valence-corrected chi connectivity index (χ4v) is 5.96. The average molecular weight is 649 g/mol. The van der Waals surface area contributed by atoms with E-state index in [1.165, 1.54) is 7.11 Å². The van der Waals surface area contributed by atoms with Crippen LogP contribution in [0.15, 0.2) is 54.7 Å². The molecule has 46 heavy (non-hydrogen) atoms. The summed E-state index contributed by atoms with van der Waals surface area (Å²) in [5.74, 6) is 0.560. The summed E-state index contributed by atoms with van der Waals surface area (Å²) in [6.07, 6.45) is 2.61. The number of fused-ring (bicyclic) bond motifs is 1. The number of rotatable bonds is 8. The summed E-state index contributed by atoms with van der Waals surface area (Å²) in [6.45, 7) is 8.86. The van der Waals surface area contributed by atoms with Crippen LogP contribution in [0, 0.1) is 0 Å². The van der Waals surface area contributed by atoms with E-state index in [2.05, 4.69) is 19.9 Å². The van der Waals surface area contributed by atoms with Crippen molar-refractivity contribution >= 4 is 44.1 Å². The maximum absolute atomic E-state index is 13.8. The summed E-state index contributed by atoms with van der Waals surface area (Å²) < 4.78 is 40.3. The smallest absolute Gasteiger partial charge is 0.272 e. The van der Waals surface area contributed by atoms with Gasteiger partial charge >= 0.3 is 0 Å². The molecule has 0 saturated carbocycles. The summed E-state index contributed by atoms with van der Waals surface area (Å²) in [7, 11) is 1.58. The Kier molecular flexibility index (Phi) is 9.00. The summed E-state index contributed by atoms with van der Waals surface area (Å²) >= 11 is 0. The number of sulfonamides is 1. The molecule has 0 aliphatic carbocycles. The molecule has 0 spiro atoms. The zero-order valence-corrected chi connectivity index (χ0v) is 28.0. The van der Waals surface area contributed by atoms with Gasteiger partial charge in [0.2, 0.25) is 10.0 Å². The zero-order valence-electron chi connectivity index (χ0n) is 27.2. The molecule has 0 unspecified atom stereocenters. The number of likely N-dealkylation sites (N-methyl/N-ethyl adjacent to an activating group) is 1. The van der Waals surface area contributed by atoms with Crippen LogP contribution in [0.3, 0.4) is 0 Å². The maximum atomic E-state index is 13.8. The van der Waals surface area contributed by atoms with Gasteiger partial charge in [-0.3, -0.25) is 19.3 Å². The first-order chi connectivity index (χ1) is 21.6. The van der Waals surface area contributed by atoms with E-state index < -0.39 is 15.9 Å². The Morgan fingerprint density at radius 2 is 1.65 bits per heavy atom. The third kappa shape index (κ3) is 7.10. The third-order valence-corrected chi connectivity index (χ3v) is 8.51. The van der Waals surface area contributed by atoms with Crippen molar-refractivity contribution in [3.63, 3.8) is 0 Å². The van der Waals surface area contributed by atoms with Crippen molar-refractivity contribution in [3.8, 4) is 17.2 Å². The van der Waals surface area contributed by atoms with E-state index >= 15 is 0 Å². The zero-order chi connectivity index (χ0) is 33.4. The summed E-state index contributed by atoms with van der Waals surface area (Å²) in [6, 6.07) is 14.1. The van der Waals surface area contributed by atoms with E-state index in [1.807, 2.05) is 40.0 Å². The molecule has 13 heteroatoms. The molecule has 3 heterocycles. The molecule has 1 aliphatic rings. The third-order valence-electron chi connectivity index (χ3n) is 7.92. The van der Waals surface area contributed by atoms with Gasteiger partial charge in [-0.05, 0) is 48.4 Å². The minimum atomic E-state index is -3.63. The lowest BCUT2D eigenvalue weighted by Gasteiger charge is -2.32. The number of piperazine rings is 1. The molecular formula is C33H40N6O6S. The number of hydrogen-bond acceptors (Lipinski definition) is 8. The van der Waals surface area contributed by atoms with Crippen LogP contribution >= 0.6 is 0 Å². The molecule has 0 bridgehead atoms. The van der Waals surface area contributed by atoms with Crippen LogP contribution in [-0.4, -0.2) is 86.2 Å². The number of amides is 2. The van der Waals surface area contributed by atoms with E-state index in [0.29, 0.717) is 47.2 Å². The Labute approximate surface area is 269 Å². The molecule has 244 valence electrons. The summed E-state index contributed by atoms with van der Waals surface area (Å²) in [5.41, 5.74) is 2.31. The number of aryl methyl sites for hydroxylation is 1. The van der Waals surface area contributed by atoms with Crippen molar-refractivity contribution in [2.24, 2.45) is 7.05 Å². The van der Waals surface area contributed by atoms with Crippen LogP contribution in [0.5, 0.6) is 17.2 Å². The molecule has 2 aromatic carbocycles. The fraction of sp³-hybridized carbons (Fsp3) is 0.364. The van der Waals surface area contributed by atoms with Gasteiger partial charge in [0.25, 0.3) is 11.8 Å². The number of aromatic nitrogens is 2. The molecule has 4 aromatic rings. The predicted molar refractivity (Wildman–Crippen MR) is 179 cm³/mol. The molecule has 0 radical (unpaired) electrons. The normalized spacial score (nSPS) is 14.3. The molecule has 2 N–H and O–H groups in total. The minimum Gasteiger partial charge on any atom is -0.492 e. The second kappa shape index (κ2) is 12.6. The van der Waals surface area contributed by atoms with Gasteiger partial charge in [0.05, 0.1) is 30.3 Å². The highest BCUT2D eigenvalue weighted by Gasteiger charge is 2.25. The quantitative estimate of drug-likeness (QED) is 0.281. The Bertz CT molecular complexity index is 1910. The molecule has 1 saturated heterocycles. The number of nitrogens with zero attached hydrogens (tertiary/aromatic N) is 4. The lowest BCUT2D eigenvalue weighted by Crippen LogP contribution is -2.47. The highest BCUT2D eigenvalue weighted by Crippen LogP contribution is 2.40. The van der Waals surface area contributed by atoms with Crippen LogP contribution in [0.25, 0.3) is 10.9 Å². The van der Waals surface area contributed by atoms with Gasteiger partial charge in [-0.15, -0.1) is 0 Å². The Morgan fingerprint density at radius 1 is 0.957 bits per heavy atom. The van der Waals surface area contributed by atoms with Gasteiger partial charge in [-0.2, -0.15) is 0 Å². The van der Waals surface area contributed by atoms with Crippen LogP contribution in [0.2, 0.25) is 0 Å². The van der Waals surface area contributed by atoms with Crippen LogP contribution < -0.4 is 19.5 Å². The number of anilines is 2. The van der Waals surface area contributed by atoms with E-state index in [9.17, 15) is 18.0 Å². The van der Waals surface area contributed by atoms with Crippen molar-refractivity contribution in [2.45, 2.75) is 26.2 Å². The average Bonchev–Trinajstić information content (AvgIpc) is 3.33. The standard InChI is InChI=1S/C33H40N6O6S/c1-33(2,3)22-18-24(30(44-6)25(19-22)36-46(7,42)43)35-31(40)27-17-21-9-8-10-28(29(21)38(27)5)45-23-11-12-34-26(20-23)32(41)39-15-13-37(4)14-16-39/h8-12,17-20,36H,13-16H2,1-7H3,(H,35,40). The van der Waals surface area contributed by atoms with E-state index in [0.717, 1.165) is 30.3 Å². The number of carbonyl (C=O) groups excluding carboxylic acids is 2. The number of ether oxygens (including phenoxy) is 2. The molecule has 1 aliphatic heterocycles. The first-order valence-electron chi connectivity index (χ1n) is 14.9. The lowest BCUT2D eigenvalue weighted by molar-refractivity contribution is 0.0657. The van der Waals surface area contributed by atoms with Gasteiger partial charge in [0.15, 0.2) is 11.5 Å². The number of methoxy groups -OCH3 is 1. The first kappa shape index (κ1) is 32.8. The monoisotopic (exact) mass is 648 g/mol. The van der Waals surface area contributed by atoms with Crippen molar-refractivity contribution in [3.05, 3.63) is 71.7 Å². The van der Waals surface area contributed by atoms with Crippen LogP contribution in [-0.2, 0) is 22.5 Å². The molecule has 0 atom stereocenters.